The number of nitrogens with one attached hydrogen (secondary N) is 2. The Labute approximate surface area is 182 Å². The summed E-state index contributed by atoms with van der Waals surface area (Å²) in [6, 6.07) is 11.3. The Balaban J connectivity index is 1.63. The maximum Gasteiger partial charge on any atom is 0.271 e. The second-order valence-electron chi connectivity index (χ2n) is 7.78. The van der Waals surface area contributed by atoms with E-state index in [-0.39, 0.29) is 47.7 Å². The molecule has 0 spiro atoms. The maximum atomic E-state index is 12.7. The number of amides is 2. The molecule has 0 aliphatic heterocycles. The van der Waals surface area contributed by atoms with E-state index in [2.05, 4.69) is 15.7 Å². The predicted octanol–water partition coefficient (Wildman–Crippen LogP) is 2.48. The number of aromatic nitrogens is 2. The zero-order valence-corrected chi connectivity index (χ0v) is 18.1. The van der Waals surface area contributed by atoms with Crippen molar-refractivity contribution in [3.05, 3.63) is 53.3 Å². The molecule has 0 bridgehead atoms. The second kappa shape index (κ2) is 10.9. The number of hydrogen-bond acceptors (Lipinski definition) is 5. The molecule has 2 amide bonds. The Morgan fingerprint density at radius 1 is 1.16 bits per heavy atom. The molecule has 31 heavy (non-hydrogen) atoms. The normalized spacial score (nSPS) is 18.4. The van der Waals surface area contributed by atoms with Crippen LogP contribution in [0.2, 0.25) is 0 Å². The van der Waals surface area contributed by atoms with Gasteiger partial charge in [-0.3, -0.25) is 19.1 Å². The Kier molecular flexibility index (Phi) is 7.94. The Hall–Kier alpha value is -3.00. The number of ether oxygens (including phenoxy) is 1. The van der Waals surface area contributed by atoms with Crippen LogP contribution >= 0.6 is 0 Å². The molecule has 166 valence electrons. The summed E-state index contributed by atoms with van der Waals surface area (Å²) in [6.45, 7) is 4.02. The van der Waals surface area contributed by atoms with Crippen molar-refractivity contribution in [3.63, 3.8) is 0 Å². The van der Waals surface area contributed by atoms with Crippen molar-refractivity contribution in [1.82, 2.24) is 20.4 Å². The van der Waals surface area contributed by atoms with Crippen LogP contribution in [0.15, 0.2) is 36.4 Å². The molecule has 1 saturated carbocycles. The first-order valence-corrected chi connectivity index (χ1v) is 10.8. The van der Waals surface area contributed by atoms with Crippen molar-refractivity contribution < 1.29 is 19.1 Å². The molecule has 1 aromatic heterocycles. The van der Waals surface area contributed by atoms with Crippen LogP contribution in [0.5, 0.6) is 0 Å². The third kappa shape index (κ3) is 6.24. The molecule has 1 aromatic carbocycles. The monoisotopic (exact) mass is 426 g/mol. The molecule has 1 fully saturated rings. The molecule has 2 aromatic rings. The SMILES string of the molecule is CCNC(=O)c1cc(C(C)=O)n(CC(=O)NC2CCCC[C@@H]2OCc2ccccc2)n1. The van der Waals surface area contributed by atoms with Gasteiger partial charge in [0.1, 0.15) is 12.2 Å². The van der Waals surface area contributed by atoms with Crippen LogP contribution in [-0.2, 0) is 22.7 Å². The van der Waals surface area contributed by atoms with Gasteiger partial charge in [-0.05, 0) is 25.3 Å². The molecule has 2 N–H and O–H groups in total. The minimum Gasteiger partial charge on any atom is -0.371 e. The highest BCUT2D eigenvalue weighted by atomic mass is 16.5. The van der Waals surface area contributed by atoms with E-state index in [1.165, 1.54) is 17.7 Å². The highest BCUT2D eigenvalue weighted by Crippen LogP contribution is 2.22. The largest absolute Gasteiger partial charge is 0.371 e. The van der Waals surface area contributed by atoms with Crippen molar-refractivity contribution in [3.8, 4) is 0 Å². The standard InChI is InChI=1S/C23H30N4O4/c1-3-24-23(30)19-13-20(16(2)28)27(26-19)14-22(29)25-18-11-7-8-12-21(18)31-15-17-9-5-4-6-10-17/h4-6,9-10,13,18,21H,3,7-8,11-12,14-15H2,1-2H3,(H,24,30)(H,25,29)/t18?,21-/m0/s1. The van der Waals surface area contributed by atoms with Crippen LogP contribution in [0.1, 0.15) is 66.1 Å². The van der Waals surface area contributed by atoms with Gasteiger partial charge >= 0.3 is 0 Å². The number of ketones is 1. The number of benzene rings is 1. The number of rotatable bonds is 9. The third-order valence-corrected chi connectivity index (χ3v) is 5.36. The van der Waals surface area contributed by atoms with Crippen molar-refractivity contribution in [2.45, 2.75) is 64.8 Å². The topological polar surface area (TPSA) is 102 Å². The summed E-state index contributed by atoms with van der Waals surface area (Å²) in [5, 5.41) is 9.87. The second-order valence-corrected chi connectivity index (χ2v) is 7.78. The molecule has 8 heteroatoms. The van der Waals surface area contributed by atoms with Crippen LogP contribution in [0, 0.1) is 0 Å². The lowest BCUT2D eigenvalue weighted by Crippen LogP contribution is -2.47. The number of carbonyl (C=O) groups excluding carboxylic acids is 3. The highest BCUT2D eigenvalue weighted by molar-refractivity contribution is 5.98. The Bertz CT molecular complexity index is 910. The van der Waals surface area contributed by atoms with E-state index in [0.717, 1.165) is 31.2 Å². The molecule has 2 atom stereocenters. The summed E-state index contributed by atoms with van der Waals surface area (Å²) in [7, 11) is 0. The van der Waals surface area contributed by atoms with E-state index in [0.29, 0.717) is 13.2 Å². The Morgan fingerprint density at radius 2 is 1.90 bits per heavy atom. The molecular formula is C23H30N4O4. The number of hydrogen-bond donors (Lipinski definition) is 2. The van der Waals surface area contributed by atoms with Gasteiger partial charge in [0.05, 0.1) is 18.8 Å². The molecule has 8 nitrogen and oxygen atoms in total. The van der Waals surface area contributed by atoms with E-state index < -0.39 is 0 Å². The minimum atomic E-state index is -0.370. The maximum absolute atomic E-state index is 12.7. The van der Waals surface area contributed by atoms with Crippen LogP contribution < -0.4 is 10.6 Å². The summed E-state index contributed by atoms with van der Waals surface area (Å²) in [6.07, 6.45) is 3.76. The van der Waals surface area contributed by atoms with Crippen molar-refractivity contribution in [1.29, 1.82) is 0 Å². The summed E-state index contributed by atoms with van der Waals surface area (Å²) in [5.41, 5.74) is 1.46. The first kappa shape index (κ1) is 22.7. The van der Waals surface area contributed by atoms with Gasteiger partial charge < -0.3 is 15.4 Å². The summed E-state index contributed by atoms with van der Waals surface area (Å²) >= 11 is 0. The van der Waals surface area contributed by atoms with Crippen LogP contribution in [-0.4, -0.2) is 46.1 Å². The van der Waals surface area contributed by atoms with Crippen LogP contribution in [0.4, 0.5) is 0 Å². The number of nitrogens with zero attached hydrogens (tertiary/aromatic N) is 2. The number of Topliss-reactive ketones (excluding diaryl/α,β-unsaturated/α-hetero) is 1. The van der Waals surface area contributed by atoms with Crippen molar-refractivity contribution in [2.75, 3.05) is 6.54 Å². The lowest BCUT2D eigenvalue weighted by molar-refractivity contribution is -0.124. The summed E-state index contributed by atoms with van der Waals surface area (Å²) in [4.78, 5) is 36.8. The first-order chi connectivity index (χ1) is 15.0. The van der Waals surface area contributed by atoms with E-state index in [4.69, 9.17) is 4.74 Å². The Morgan fingerprint density at radius 3 is 2.61 bits per heavy atom. The quantitative estimate of drug-likeness (QED) is 0.600. The molecule has 0 radical (unpaired) electrons. The molecule has 0 saturated heterocycles. The zero-order valence-electron chi connectivity index (χ0n) is 18.1. The lowest BCUT2D eigenvalue weighted by atomic mass is 9.92. The minimum absolute atomic E-state index is 0.0614. The lowest BCUT2D eigenvalue weighted by Gasteiger charge is -2.32. The molecule has 1 aliphatic rings. The number of carbonyl (C=O) groups is 3. The fraction of sp³-hybridized carbons (Fsp3) is 0.478. The van der Waals surface area contributed by atoms with Crippen molar-refractivity contribution >= 4 is 17.6 Å². The van der Waals surface area contributed by atoms with E-state index in [9.17, 15) is 14.4 Å². The fourth-order valence-electron chi connectivity index (χ4n) is 3.81. The van der Waals surface area contributed by atoms with Crippen LogP contribution in [0.3, 0.4) is 0 Å². The smallest absolute Gasteiger partial charge is 0.271 e. The summed E-state index contributed by atoms with van der Waals surface area (Å²) in [5.74, 6) is -0.878. The van der Waals surface area contributed by atoms with Gasteiger partial charge in [0, 0.05) is 19.5 Å². The average Bonchev–Trinajstić information content (AvgIpc) is 3.18. The van der Waals surface area contributed by atoms with Crippen LogP contribution in [0.25, 0.3) is 0 Å². The van der Waals surface area contributed by atoms with Crippen molar-refractivity contribution in [2.24, 2.45) is 0 Å². The van der Waals surface area contributed by atoms with E-state index in [1.54, 1.807) is 6.92 Å². The van der Waals surface area contributed by atoms with Gasteiger partial charge in [0.25, 0.3) is 5.91 Å². The van der Waals surface area contributed by atoms with E-state index in [1.807, 2.05) is 30.3 Å². The van der Waals surface area contributed by atoms with Gasteiger partial charge in [-0.25, -0.2) is 0 Å². The van der Waals surface area contributed by atoms with Gasteiger partial charge in [-0.15, -0.1) is 0 Å². The molecule has 1 heterocycles. The first-order valence-electron chi connectivity index (χ1n) is 10.8. The third-order valence-electron chi connectivity index (χ3n) is 5.36. The molecule has 1 aliphatic carbocycles. The summed E-state index contributed by atoms with van der Waals surface area (Å²) < 4.78 is 7.41. The molecule has 3 rings (SSSR count). The van der Waals surface area contributed by atoms with E-state index >= 15 is 0 Å². The van der Waals surface area contributed by atoms with Gasteiger partial charge in [0.2, 0.25) is 5.91 Å². The molecule has 1 unspecified atom stereocenters. The fourth-order valence-corrected chi connectivity index (χ4v) is 3.81. The van der Waals surface area contributed by atoms with Gasteiger partial charge in [-0.1, -0.05) is 43.2 Å². The molecular weight excluding hydrogens is 396 g/mol. The predicted molar refractivity (Wildman–Crippen MR) is 116 cm³/mol. The average molecular weight is 427 g/mol. The zero-order chi connectivity index (χ0) is 22.2. The van der Waals surface area contributed by atoms with Gasteiger partial charge in [-0.2, -0.15) is 5.10 Å². The van der Waals surface area contributed by atoms with Gasteiger partial charge in [0.15, 0.2) is 11.5 Å². The highest BCUT2D eigenvalue weighted by Gasteiger charge is 2.28.